The van der Waals surface area contributed by atoms with Gasteiger partial charge in [-0.05, 0) is 42.0 Å². The molecule has 0 aliphatic carbocycles. The van der Waals surface area contributed by atoms with Crippen LogP contribution in [0.25, 0.3) is 6.08 Å². The molecule has 1 aliphatic rings. The Hall–Kier alpha value is -2.95. The van der Waals surface area contributed by atoms with E-state index in [0.29, 0.717) is 16.9 Å². The number of hydrogen-bond donors (Lipinski definition) is 0. The van der Waals surface area contributed by atoms with Gasteiger partial charge in [-0.1, -0.05) is 18.2 Å². The number of carbonyl (C=O) groups is 1. The lowest BCUT2D eigenvalue weighted by Crippen LogP contribution is -2.05. The molecule has 5 heteroatoms. The molecule has 0 bridgehead atoms. The van der Waals surface area contributed by atoms with Crippen molar-refractivity contribution in [2.45, 2.75) is 0 Å². The van der Waals surface area contributed by atoms with Crippen LogP contribution in [0.5, 0.6) is 5.75 Å². The Kier molecular flexibility index (Phi) is 3.70. The normalized spacial score (nSPS) is 15.6. The first-order valence-electron chi connectivity index (χ1n) is 6.58. The predicted molar refractivity (Wildman–Crippen MR) is 80.0 cm³/mol. The summed E-state index contributed by atoms with van der Waals surface area (Å²) in [5.74, 6) is -0.106. The van der Waals surface area contributed by atoms with E-state index >= 15 is 0 Å². The van der Waals surface area contributed by atoms with Gasteiger partial charge >= 0.3 is 5.97 Å². The van der Waals surface area contributed by atoms with E-state index in [4.69, 9.17) is 9.47 Å². The number of cyclic esters (lactones) is 1. The first-order valence-corrected chi connectivity index (χ1v) is 6.58. The molecule has 0 atom stereocenters. The van der Waals surface area contributed by atoms with Gasteiger partial charge in [0.05, 0.1) is 7.11 Å². The van der Waals surface area contributed by atoms with Crippen LogP contribution in [-0.4, -0.2) is 19.0 Å². The van der Waals surface area contributed by atoms with Gasteiger partial charge in [0, 0.05) is 5.56 Å². The summed E-state index contributed by atoms with van der Waals surface area (Å²) in [4.78, 5) is 16.0. The number of carbonyl (C=O) groups excluding carboxylic acids is 1. The Morgan fingerprint density at radius 1 is 1.18 bits per heavy atom. The lowest BCUT2D eigenvalue weighted by Gasteiger charge is -2.02. The molecule has 2 aromatic rings. The fourth-order valence-electron chi connectivity index (χ4n) is 2.04. The first kappa shape index (κ1) is 14.0. The van der Waals surface area contributed by atoms with Gasteiger partial charge in [-0.15, -0.1) is 0 Å². The zero-order chi connectivity index (χ0) is 15.5. The van der Waals surface area contributed by atoms with Gasteiger partial charge in [0.25, 0.3) is 0 Å². The van der Waals surface area contributed by atoms with E-state index in [0.717, 1.165) is 0 Å². The Morgan fingerprint density at radius 3 is 2.77 bits per heavy atom. The van der Waals surface area contributed by atoms with E-state index in [1.54, 1.807) is 43.5 Å². The van der Waals surface area contributed by atoms with E-state index in [2.05, 4.69) is 4.99 Å². The number of aliphatic imine (C=N–C) groups is 1. The number of hydrogen-bond acceptors (Lipinski definition) is 4. The Morgan fingerprint density at radius 2 is 2.00 bits per heavy atom. The molecule has 0 fully saturated rings. The monoisotopic (exact) mass is 297 g/mol. The molecule has 0 unspecified atom stereocenters. The molecule has 0 saturated carbocycles. The van der Waals surface area contributed by atoms with Crippen molar-refractivity contribution in [3.63, 3.8) is 0 Å². The number of halogens is 1. The van der Waals surface area contributed by atoms with Crippen LogP contribution in [-0.2, 0) is 9.53 Å². The van der Waals surface area contributed by atoms with Gasteiger partial charge in [-0.3, -0.25) is 0 Å². The van der Waals surface area contributed by atoms with Crippen molar-refractivity contribution < 1.29 is 18.7 Å². The first-order chi connectivity index (χ1) is 10.7. The summed E-state index contributed by atoms with van der Waals surface area (Å²) in [5, 5.41) is 0. The number of rotatable bonds is 3. The van der Waals surface area contributed by atoms with Gasteiger partial charge < -0.3 is 9.47 Å². The number of esters is 1. The molecule has 1 heterocycles. The molecule has 0 N–H and O–H groups in total. The lowest BCUT2D eigenvalue weighted by molar-refractivity contribution is -0.129. The molecule has 2 aromatic carbocycles. The summed E-state index contributed by atoms with van der Waals surface area (Å²) < 4.78 is 23.4. The third-order valence-corrected chi connectivity index (χ3v) is 3.09. The quantitative estimate of drug-likeness (QED) is 0.646. The van der Waals surface area contributed by atoms with Crippen LogP contribution in [0.2, 0.25) is 0 Å². The molecule has 22 heavy (non-hydrogen) atoms. The van der Waals surface area contributed by atoms with E-state index in [-0.39, 0.29) is 17.4 Å². The molecule has 4 nitrogen and oxygen atoms in total. The largest absolute Gasteiger partial charge is 0.497 e. The van der Waals surface area contributed by atoms with Crippen LogP contribution < -0.4 is 4.74 Å². The maximum Gasteiger partial charge on any atom is 0.363 e. The highest BCUT2D eigenvalue weighted by Gasteiger charge is 2.24. The molecule has 0 spiro atoms. The van der Waals surface area contributed by atoms with Gasteiger partial charge in [0.15, 0.2) is 5.70 Å². The van der Waals surface area contributed by atoms with Crippen LogP contribution in [0, 0.1) is 5.82 Å². The minimum absolute atomic E-state index is 0.128. The van der Waals surface area contributed by atoms with Crippen molar-refractivity contribution in [2.24, 2.45) is 4.99 Å². The number of nitrogens with zero attached hydrogens (tertiary/aromatic N) is 1. The molecule has 3 rings (SSSR count). The second-order valence-electron chi connectivity index (χ2n) is 4.62. The van der Waals surface area contributed by atoms with Gasteiger partial charge in [0.2, 0.25) is 5.90 Å². The number of ether oxygens (including phenoxy) is 2. The van der Waals surface area contributed by atoms with Crippen molar-refractivity contribution >= 4 is 17.9 Å². The van der Waals surface area contributed by atoms with Crippen LogP contribution in [0.3, 0.4) is 0 Å². The van der Waals surface area contributed by atoms with Crippen LogP contribution in [0.15, 0.2) is 59.2 Å². The summed E-state index contributed by atoms with van der Waals surface area (Å²) in [6, 6.07) is 12.9. The standard InChI is InChI=1S/C17H12FNO3/c1-21-14-7-3-5-12(10-14)16-19-15(17(20)22-16)9-11-4-2-6-13(18)8-11/h2-10H,1H3/b15-9+. The predicted octanol–water partition coefficient (Wildman–Crippen LogP) is 3.18. The van der Waals surface area contributed by atoms with Crippen LogP contribution in [0.1, 0.15) is 11.1 Å². The Balaban J connectivity index is 1.94. The Labute approximate surface area is 126 Å². The maximum absolute atomic E-state index is 13.2. The molecule has 0 aromatic heterocycles. The van der Waals surface area contributed by atoms with Gasteiger partial charge in [-0.25, -0.2) is 14.2 Å². The van der Waals surface area contributed by atoms with E-state index in [1.165, 1.54) is 18.2 Å². The van der Waals surface area contributed by atoms with Crippen LogP contribution >= 0.6 is 0 Å². The van der Waals surface area contributed by atoms with Gasteiger partial charge in [0.1, 0.15) is 11.6 Å². The topological polar surface area (TPSA) is 47.9 Å². The second-order valence-corrected chi connectivity index (χ2v) is 4.62. The summed E-state index contributed by atoms with van der Waals surface area (Å²) in [6.45, 7) is 0. The van der Waals surface area contributed by atoms with E-state index in [1.807, 2.05) is 0 Å². The highest BCUT2D eigenvalue weighted by molar-refractivity contribution is 6.12. The zero-order valence-corrected chi connectivity index (χ0v) is 11.7. The zero-order valence-electron chi connectivity index (χ0n) is 11.7. The molecular weight excluding hydrogens is 285 g/mol. The van der Waals surface area contributed by atoms with Crippen molar-refractivity contribution in [1.29, 1.82) is 0 Å². The minimum Gasteiger partial charge on any atom is -0.497 e. The van der Waals surface area contributed by atoms with E-state index in [9.17, 15) is 9.18 Å². The number of methoxy groups -OCH3 is 1. The highest BCUT2D eigenvalue weighted by atomic mass is 19.1. The highest BCUT2D eigenvalue weighted by Crippen LogP contribution is 2.21. The molecule has 0 saturated heterocycles. The fourth-order valence-corrected chi connectivity index (χ4v) is 2.04. The van der Waals surface area contributed by atoms with Crippen molar-refractivity contribution in [3.05, 3.63) is 71.2 Å². The van der Waals surface area contributed by atoms with E-state index < -0.39 is 5.97 Å². The lowest BCUT2D eigenvalue weighted by atomic mass is 10.2. The molecular formula is C17H12FNO3. The van der Waals surface area contributed by atoms with Crippen molar-refractivity contribution in [1.82, 2.24) is 0 Å². The average molecular weight is 297 g/mol. The van der Waals surface area contributed by atoms with Crippen molar-refractivity contribution in [3.8, 4) is 5.75 Å². The van der Waals surface area contributed by atoms with Crippen LogP contribution in [0.4, 0.5) is 4.39 Å². The minimum atomic E-state index is -0.568. The molecule has 110 valence electrons. The molecule has 1 aliphatic heterocycles. The summed E-state index contributed by atoms with van der Waals surface area (Å²) in [5.41, 5.74) is 1.31. The smallest absolute Gasteiger partial charge is 0.363 e. The molecule has 0 amide bonds. The third kappa shape index (κ3) is 2.88. The summed E-state index contributed by atoms with van der Waals surface area (Å²) in [7, 11) is 1.55. The summed E-state index contributed by atoms with van der Waals surface area (Å²) >= 11 is 0. The third-order valence-electron chi connectivity index (χ3n) is 3.09. The Bertz CT molecular complexity index is 796. The second kappa shape index (κ2) is 5.81. The van der Waals surface area contributed by atoms with Crippen molar-refractivity contribution in [2.75, 3.05) is 7.11 Å². The number of benzene rings is 2. The average Bonchev–Trinajstić information content (AvgIpc) is 2.88. The van der Waals surface area contributed by atoms with Gasteiger partial charge in [-0.2, -0.15) is 0 Å². The molecule has 0 radical (unpaired) electrons. The SMILES string of the molecule is COc1cccc(C2=N/C(=C/c3cccc(F)c3)C(=O)O2)c1. The summed E-state index contributed by atoms with van der Waals surface area (Å²) in [6.07, 6.45) is 1.48. The maximum atomic E-state index is 13.2. The fraction of sp³-hybridized carbons (Fsp3) is 0.0588.